The van der Waals surface area contributed by atoms with Crippen LogP contribution in [0.3, 0.4) is 0 Å². The fourth-order valence-electron chi connectivity index (χ4n) is 3.28. The topological polar surface area (TPSA) is 24.5 Å². The molecule has 1 aromatic rings. The van der Waals surface area contributed by atoms with Gasteiger partial charge in [0.15, 0.2) is 0 Å². The van der Waals surface area contributed by atoms with E-state index in [-0.39, 0.29) is 5.54 Å². The summed E-state index contributed by atoms with van der Waals surface area (Å²) in [5, 5.41) is 3.67. The highest BCUT2D eigenvalue weighted by Crippen LogP contribution is 2.34. The van der Waals surface area contributed by atoms with E-state index in [1.807, 2.05) is 6.07 Å². The molecule has 1 heterocycles. The van der Waals surface area contributed by atoms with Gasteiger partial charge in [0.05, 0.1) is 13.2 Å². The van der Waals surface area contributed by atoms with Crippen LogP contribution in [-0.4, -0.2) is 37.2 Å². The van der Waals surface area contributed by atoms with Crippen molar-refractivity contribution in [2.45, 2.75) is 45.2 Å². The second-order valence-electron chi connectivity index (χ2n) is 6.12. The number of hydrogen-bond donors (Lipinski definition) is 1. The van der Waals surface area contributed by atoms with E-state index in [0.717, 1.165) is 12.3 Å². The third-order valence-electron chi connectivity index (χ3n) is 4.46. The molecule has 1 fully saturated rings. The van der Waals surface area contributed by atoms with E-state index in [4.69, 9.17) is 4.74 Å². The molecule has 0 bridgehead atoms. The second-order valence-corrected chi connectivity index (χ2v) is 6.12. The first kappa shape index (κ1) is 15.3. The highest BCUT2D eigenvalue weighted by atomic mass is 16.5. The highest BCUT2D eigenvalue weighted by Gasteiger charge is 2.37. The number of likely N-dealkylation sites (N-methyl/N-ethyl adjacent to an activating group) is 1. The van der Waals surface area contributed by atoms with E-state index in [0.29, 0.717) is 6.04 Å². The number of nitrogens with zero attached hydrogens (tertiary/aromatic N) is 1. The van der Waals surface area contributed by atoms with Crippen molar-refractivity contribution < 1.29 is 4.74 Å². The molecule has 1 aliphatic heterocycles. The lowest BCUT2D eigenvalue weighted by molar-refractivity contribution is 0.107. The molecule has 1 unspecified atom stereocenters. The number of hydrogen-bond acceptors (Lipinski definition) is 3. The van der Waals surface area contributed by atoms with Gasteiger partial charge in [-0.3, -0.25) is 4.90 Å². The highest BCUT2D eigenvalue weighted by molar-refractivity contribution is 5.32. The lowest BCUT2D eigenvalue weighted by Crippen LogP contribution is -2.51. The van der Waals surface area contributed by atoms with E-state index in [1.54, 1.807) is 7.11 Å². The van der Waals surface area contributed by atoms with Gasteiger partial charge >= 0.3 is 0 Å². The Bertz CT molecular complexity index is 425. The Hall–Kier alpha value is -1.06. The van der Waals surface area contributed by atoms with Crippen LogP contribution >= 0.6 is 0 Å². The zero-order valence-electron chi connectivity index (χ0n) is 13.3. The number of rotatable bonds is 6. The van der Waals surface area contributed by atoms with Gasteiger partial charge in [0.25, 0.3) is 0 Å². The Morgan fingerprint density at radius 3 is 2.60 bits per heavy atom. The van der Waals surface area contributed by atoms with Crippen LogP contribution in [0.5, 0.6) is 5.75 Å². The summed E-state index contributed by atoms with van der Waals surface area (Å²) in [6.45, 7) is 10.3. The third kappa shape index (κ3) is 3.15. The Kier molecular flexibility index (Phi) is 5.06. The zero-order chi connectivity index (χ0) is 14.6. The van der Waals surface area contributed by atoms with E-state index < -0.39 is 0 Å². The summed E-state index contributed by atoms with van der Waals surface area (Å²) in [6, 6.07) is 8.77. The quantitative estimate of drug-likeness (QED) is 0.863. The van der Waals surface area contributed by atoms with Crippen molar-refractivity contribution >= 4 is 0 Å². The first-order chi connectivity index (χ1) is 9.59. The average molecular weight is 276 g/mol. The summed E-state index contributed by atoms with van der Waals surface area (Å²) in [4.78, 5) is 2.61. The van der Waals surface area contributed by atoms with Crippen LogP contribution in [-0.2, 0) is 0 Å². The van der Waals surface area contributed by atoms with Crippen LogP contribution < -0.4 is 10.1 Å². The van der Waals surface area contributed by atoms with E-state index in [1.165, 1.54) is 31.5 Å². The van der Waals surface area contributed by atoms with Crippen molar-refractivity contribution in [1.82, 2.24) is 10.2 Å². The zero-order valence-corrected chi connectivity index (χ0v) is 13.3. The van der Waals surface area contributed by atoms with Gasteiger partial charge in [0.1, 0.15) is 5.75 Å². The van der Waals surface area contributed by atoms with Gasteiger partial charge in [-0.15, -0.1) is 0 Å². The predicted octanol–water partition coefficient (Wildman–Crippen LogP) is 3.22. The van der Waals surface area contributed by atoms with Crippen molar-refractivity contribution in [2.24, 2.45) is 0 Å². The molecule has 112 valence electrons. The Morgan fingerprint density at radius 1 is 1.30 bits per heavy atom. The lowest BCUT2D eigenvalue weighted by Gasteiger charge is -2.43. The van der Waals surface area contributed by atoms with Crippen LogP contribution in [0.2, 0.25) is 0 Å². The first-order valence-electron chi connectivity index (χ1n) is 7.72. The Balaban J connectivity index is 2.28. The van der Waals surface area contributed by atoms with E-state index in [9.17, 15) is 0 Å². The van der Waals surface area contributed by atoms with Gasteiger partial charge in [-0.25, -0.2) is 0 Å². The fourth-order valence-corrected chi connectivity index (χ4v) is 3.28. The predicted molar refractivity (Wildman–Crippen MR) is 84.3 cm³/mol. The van der Waals surface area contributed by atoms with Crippen LogP contribution in [0.1, 0.15) is 45.2 Å². The average Bonchev–Trinajstić information content (AvgIpc) is 2.99. The number of nitrogens with one attached hydrogen (secondary N) is 1. The maximum Gasteiger partial charge on any atom is 0.119 e. The molecule has 0 aliphatic carbocycles. The minimum atomic E-state index is 0.110. The van der Waals surface area contributed by atoms with Crippen molar-refractivity contribution in [3.8, 4) is 5.75 Å². The maximum atomic E-state index is 5.38. The van der Waals surface area contributed by atoms with E-state index in [2.05, 4.69) is 49.2 Å². The SMILES string of the molecule is CCNC(c1cccc(OC)c1)C(C)(C)N1CCCC1. The number of ether oxygens (including phenoxy) is 1. The van der Waals surface area contributed by atoms with Crippen LogP contribution in [0.15, 0.2) is 24.3 Å². The lowest BCUT2D eigenvalue weighted by atomic mass is 9.87. The maximum absolute atomic E-state index is 5.38. The summed E-state index contributed by atoms with van der Waals surface area (Å²) >= 11 is 0. The largest absolute Gasteiger partial charge is 0.497 e. The summed E-state index contributed by atoms with van der Waals surface area (Å²) in [5.74, 6) is 0.933. The van der Waals surface area contributed by atoms with Crippen molar-refractivity contribution in [2.75, 3.05) is 26.7 Å². The molecule has 1 aliphatic rings. The number of methoxy groups -OCH3 is 1. The molecule has 0 radical (unpaired) electrons. The molecule has 2 rings (SSSR count). The number of benzene rings is 1. The molecule has 0 amide bonds. The van der Waals surface area contributed by atoms with Gasteiger partial charge in [-0.2, -0.15) is 0 Å². The normalized spacial score (nSPS) is 18.2. The summed E-state index contributed by atoms with van der Waals surface area (Å²) in [7, 11) is 1.73. The van der Waals surface area contributed by atoms with Crippen molar-refractivity contribution in [3.05, 3.63) is 29.8 Å². The molecule has 0 aromatic heterocycles. The molecule has 3 heteroatoms. The molecular formula is C17H28N2O. The van der Waals surface area contributed by atoms with Gasteiger partial charge in [-0.1, -0.05) is 19.1 Å². The minimum Gasteiger partial charge on any atom is -0.497 e. The monoisotopic (exact) mass is 276 g/mol. The van der Waals surface area contributed by atoms with E-state index >= 15 is 0 Å². The summed E-state index contributed by atoms with van der Waals surface area (Å²) in [6.07, 6.45) is 2.64. The Labute approximate surface area is 123 Å². The van der Waals surface area contributed by atoms with Crippen LogP contribution in [0.4, 0.5) is 0 Å². The standard InChI is InChI=1S/C17H28N2O/c1-5-18-16(14-9-8-10-15(13-14)20-4)17(2,3)19-11-6-7-12-19/h8-10,13,16,18H,5-7,11-12H2,1-4H3. The molecular weight excluding hydrogens is 248 g/mol. The number of likely N-dealkylation sites (tertiary alicyclic amines) is 1. The molecule has 0 saturated carbocycles. The smallest absolute Gasteiger partial charge is 0.119 e. The molecule has 1 atom stereocenters. The molecule has 3 nitrogen and oxygen atoms in total. The van der Waals surface area contributed by atoms with Gasteiger partial charge < -0.3 is 10.1 Å². The Morgan fingerprint density at radius 2 is 2.00 bits per heavy atom. The van der Waals surface area contributed by atoms with Gasteiger partial charge in [-0.05, 0) is 64.0 Å². The van der Waals surface area contributed by atoms with Crippen LogP contribution in [0.25, 0.3) is 0 Å². The van der Waals surface area contributed by atoms with Crippen molar-refractivity contribution in [3.63, 3.8) is 0 Å². The molecule has 1 N–H and O–H groups in total. The molecule has 1 saturated heterocycles. The van der Waals surface area contributed by atoms with Crippen molar-refractivity contribution in [1.29, 1.82) is 0 Å². The third-order valence-corrected chi connectivity index (χ3v) is 4.46. The summed E-state index contributed by atoms with van der Waals surface area (Å²) in [5.41, 5.74) is 1.42. The fraction of sp³-hybridized carbons (Fsp3) is 0.647. The van der Waals surface area contributed by atoms with Crippen LogP contribution in [0, 0.1) is 0 Å². The molecule has 1 aromatic carbocycles. The first-order valence-corrected chi connectivity index (χ1v) is 7.72. The minimum absolute atomic E-state index is 0.110. The second kappa shape index (κ2) is 6.59. The summed E-state index contributed by atoms with van der Waals surface area (Å²) < 4.78 is 5.38. The molecule has 20 heavy (non-hydrogen) atoms. The molecule has 0 spiro atoms. The van der Waals surface area contributed by atoms with Gasteiger partial charge in [0.2, 0.25) is 0 Å². The van der Waals surface area contributed by atoms with Gasteiger partial charge in [0, 0.05) is 5.54 Å².